The smallest absolute Gasteiger partial charge is 0.266 e. The number of aromatic nitrogens is 1. The van der Waals surface area contributed by atoms with Crippen LogP contribution in [0.1, 0.15) is 10.4 Å². The van der Waals surface area contributed by atoms with Gasteiger partial charge in [-0.3, -0.25) is 4.79 Å². The fourth-order valence-electron chi connectivity index (χ4n) is 3.71. The minimum Gasteiger partial charge on any atom is -0.375 e. The molecule has 2 heterocycles. The average molecular weight is 417 g/mol. The Morgan fingerprint density at radius 2 is 1.63 bits per heavy atom. The lowest BCUT2D eigenvalue weighted by Gasteiger charge is -2.20. The van der Waals surface area contributed by atoms with Gasteiger partial charge in [0.15, 0.2) is 5.13 Å². The molecule has 0 saturated carbocycles. The van der Waals surface area contributed by atoms with Gasteiger partial charge < -0.3 is 16.2 Å². The maximum atomic E-state index is 13.9. The molecule has 1 aliphatic rings. The number of aliphatic hydroxyl groups is 1. The van der Waals surface area contributed by atoms with E-state index in [9.17, 15) is 14.3 Å². The number of thiazole rings is 1. The summed E-state index contributed by atoms with van der Waals surface area (Å²) in [5.74, 6) is -1.20. The number of fused-ring (bicyclic) bond motifs is 1. The number of benzene rings is 3. The quantitative estimate of drug-likeness (QED) is 0.461. The number of carbonyl (C=O) groups is 1. The summed E-state index contributed by atoms with van der Waals surface area (Å²) in [6.45, 7) is 0. The molecule has 1 atom stereocenters. The first kappa shape index (κ1) is 18.5. The highest BCUT2D eigenvalue weighted by Gasteiger charge is 2.50. The molecule has 0 spiro atoms. The predicted molar refractivity (Wildman–Crippen MR) is 115 cm³/mol. The topological polar surface area (TPSA) is 88.2 Å². The van der Waals surface area contributed by atoms with Gasteiger partial charge in [-0.1, -0.05) is 65.9 Å². The molecular weight excluding hydrogens is 401 g/mol. The number of halogens is 1. The van der Waals surface area contributed by atoms with Crippen LogP contribution in [-0.2, 0) is 10.4 Å². The maximum absolute atomic E-state index is 13.9. The summed E-state index contributed by atoms with van der Waals surface area (Å²) >= 11 is 1.01. The van der Waals surface area contributed by atoms with E-state index in [1.54, 1.807) is 0 Å². The number of carbonyl (C=O) groups excluding carboxylic acids is 1. The van der Waals surface area contributed by atoms with E-state index < -0.39 is 17.3 Å². The zero-order valence-corrected chi connectivity index (χ0v) is 16.4. The molecule has 4 N–H and O–H groups in total. The third-order valence-electron chi connectivity index (χ3n) is 5.19. The summed E-state index contributed by atoms with van der Waals surface area (Å²) in [6, 6.07) is 21.3. The van der Waals surface area contributed by atoms with Crippen LogP contribution in [0.25, 0.3) is 22.4 Å². The van der Waals surface area contributed by atoms with Gasteiger partial charge in [-0.15, -0.1) is 0 Å². The molecule has 0 aliphatic carbocycles. The number of nitrogens with one attached hydrogen (secondary N) is 1. The number of amides is 1. The molecule has 4 aromatic rings. The zero-order valence-electron chi connectivity index (χ0n) is 15.6. The minimum absolute atomic E-state index is 0.151. The fourth-order valence-corrected chi connectivity index (χ4v) is 4.67. The molecule has 0 bridgehead atoms. The van der Waals surface area contributed by atoms with Gasteiger partial charge in [-0.05, 0) is 29.3 Å². The Morgan fingerprint density at radius 1 is 0.967 bits per heavy atom. The molecular formula is C23H16FN3O2S. The molecule has 3 aromatic carbocycles. The van der Waals surface area contributed by atoms with Crippen molar-refractivity contribution < 1.29 is 14.3 Å². The van der Waals surface area contributed by atoms with Gasteiger partial charge in [-0.25, -0.2) is 9.37 Å². The van der Waals surface area contributed by atoms with E-state index >= 15 is 0 Å². The first-order valence-corrected chi connectivity index (χ1v) is 10.0. The van der Waals surface area contributed by atoms with Gasteiger partial charge >= 0.3 is 0 Å². The number of anilines is 2. The summed E-state index contributed by atoms with van der Waals surface area (Å²) < 4.78 is 13.9. The highest BCUT2D eigenvalue weighted by atomic mass is 32.1. The summed E-state index contributed by atoms with van der Waals surface area (Å²) in [5.41, 5.74) is 7.58. The number of hydrogen-bond acceptors (Lipinski definition) is 5. The van der Waals surface area contributed by atoms with Gasteiger partial charge in [0, 0.05) is 16.8 Å². The van der Waals surface area contributed by atoms with E-state index in [-0.39, 0.29) is 15.6 Å². The lowest BCUT2D eigenvalue weighted by atomic mass is 9.90. The monoisotopic (exact) mass is 417 g/mol. The van der Waals surface area contributed by atoms with E-state index in [0.29, 0.717) is 16.9 Å². The number of nitrogens with zero attached hydrogens (tertiary/aromatic N) is 1. The molecule has 0 saturated heterocycles. The van der Waals surface area contributed by atoms with Crippen LogP contribution in [-0.4, -0.2) is 16.0 Å². The Balaban J connectivity index is 1.63. The van der Waals surface area contributed by atoms with Gasteiger partial charge in [0.25, 0.3) is 5.91 Å². The summed E-state index contributed by atoms with van der Waals surface area (Å²) in [6.07, 6.45) is 0. The normalized spacial score (nSPS) is 17.6. The molecule has 0 radical (unpaired) electrons. The summed E-state index contributed by atoms with van der Waals surface area (Å²) in [7, 11) is 0. The third kappa shape index (κ3) is 2.79. The standard InChI is InChI=1S/C23H16FN3O2S/c24-16-10-11-18-17(12-16)23(29,21(28)26-18)20-19(27-22(25)30-20)15-8-6-14(7-9-15)13-4-2-1-3-5-13/h1-12,29H,(H2,25,27)(H,26,28). The lowest BCUT2D eigenvalue weighted by Crippen LogP contribution is -2.35. The van der Waals surface area contributed by atoms with Crippen molar-refractivity contribution >= 4 is 28.1 Å². The van der Waals surface area contributed by atoms with Gasteiger partial charge in [-0.2, -0.15) is 0 Å². The van der Waals surface area contributed by atoms with Gasteiger partial charge in [0.2, 0.25) is 5.60 Å². The zero-order chi connectivity index (χ0) is 20.9. The van der Waals surface area contributed by atoms with Crippen LogP contribution < -0.4 is 11.1 Å². The molecule has 148 valence electrons. The number of nitrogens with two attached hydrogens (primary N) is 1. The van der Waals surface area contributed by atoms with E-state index in [4.69, 9.17) is 5.73 Å². The second-order valence-corrected chi connectivity index (χ2v) is 8.06. The van der Waals surface area contributed by atoms with Crippen LogP contribution in [0, 0.1) is 5.82 Å². The fraction of sp³-hybridized carbons (Fsp3) is 0.0435. The van der Waals surface area contributed by atoms with Crippen LogP contribution in [0.5, 0.6) is 0 Å². The summed E-state index contributed by atoms with van der Waals surface area (Å²) in [4.78, 5) is 17.4. The van der Waals surface area contributed by atoms with Crippen molar-refractivity contribution in [2.45, 2.75) is 5.60 Å². The Bertz CT molecular complexity index is 1270. The molecule has 0 fully saturated rings. The van der Waals surface area contributed by atoms with Crippen LogP contribution in [0.4, 0.5) is 15.2 Å². The van der Waals surface area contributed by atoms with Gasteiger partial charge in [0.1, 0.15) is 5.82 Å². The second-order valence-electron chi connectivity index (χ2n) is 7.03. The van der Waals surface area contributed by atoms with Crippen molar-refractivity contribution in [1.29, 1.82) is 0 Å². The van der Waals surface area contributed by atoms with E-state index in [0.717, 1.165) is 28.5 Å². The Hall–Kier alpha value is -3.55. The number of hydrogen-bond donors (Lipinski definition) is 3. The lowest BCUT2D eigenvalue weighted by molar-refractivity contribution is -0.129. The highest BCUT2D eigenvalue weighted by Crippen LogP contribution is 2.47. The minimum atomic E-state index is -2.07. The van der Waals surface area contributed by atoms with Crippen molar-refractivity contribution in [1.82, 2.24) is 4.98 Å². The molecule has 5 nitrogen and oxygen atoms in total. The average Bonchev–Trinajstić information content (AvgIpc) is 3.27. The van der Waals surface area contributed by atoms with Crippen molar-refractivity contribution in [2.75, 3.05) is 11.1 Å². The van der Waals surface area contributed by atoms with Crippen molar-refractivity contribution in [3.05, 3.63) is 89.1 Å². The Labute approximate surface area is 175 Å². The number of rotatable bonds is 3. The van der Waals surface area contributed by atoms with E-state index in [2.05, 4.69) is 10.3 Å². The first-order valence-electron chi connectivity index (χ1n) is 9.23. The largest absolute Gasteiger partial charge is 0.375 e. The van der Waals surface area contributed by atoms with Crippen LogP contribution in [0.3, 0.4) is 0 Å². The molecule has 5 rings (SSSR count). The van der Waals surface area contributed by atoms with Crippen LogP contribution in [0.15, 0.2) is 72.8 Å². The molecule has 30 heavy (non-hydrogen) atoms. The van der Waals surface area contributed by atoms with Crippen molar-refractivity contribution in [3.8, 4) is 22.4 Å². The molecule has 1 amide bonds. The molecule has 1 aromatic heterocycles. The molecule has 1 unspecified atom stereocenters. The predicted octanol–water partition coefficient (Wildman–Crippen LogP) is 4.39. The Morgan fingerprint density at radius 3 is 2.37 bits per heavy atom. The first-order chi connectivity index (χ1) is 14.5. The summed E-state index contributed by atoms with van der Waals surface area (Å²) in [5, 5.41) is 14.3. The van der Waals surface area contributed by atoms with E-state index in [1.165, 1.54) is 12.1 Å². The SMILES string of the molecule is Nc1nc(-c2ccc(-c3ccccc3)cc2)c(C2(O)C(=O)Nc3ccc(F)cc32)s1. The second kappa shape index (κ2) is 6.76. The maximum Gasteiger partial charge on any atom is 0.266 e. The third-order valence-corrected chi connectivity index (χ3v) is 6.18. The Kier molecular flexibility index (Phi) is 4.16. The van der Waals surface area contributed by atoms with E-state index in [1.807, 2.05) is 54.6 Å². The molecule has 7 heteroatoms. The highest BCUT2D eigenvalue weighted by molar-refractivity contribution is 7.16. The van der Waals surface area contributed by atoms with Crippen molar-refractivity contribution in [2.24, 2.45) is 0 Å². The van der Waals surface area contributed by atoms with Crippen LogP contribution in [0.2, 0.25) is 0 Å². The number of nitrogen functional groups attached to an aromatic ring is 1. The van der Waals surface area contributed by atoms with Gasteiger partial charge in [0.05, 0.1) is 10.6 Å². The van der Waals surface area contributed by atoms with Crippen LogP contribution >= 0.6 is 11.3 Å². The molecule has 1 aliphatic heterocycles. The van der Waals surface area contributed by atoms with Crippen molar-refractivity contribution in [3.63, 3.8) is 0 Å².